The molecule has 81 heavy (non-hydrogen) atoms. The molecule has 0 bridgehead atoms. The summed E-state index contributed by atoms with van der Waals surface area (Å²) in [5.74, 6) is -0.295. The number of rotatable bonds is 47. The predicted octanol–water partition coefficient (Wildman–Crippen LogP) is 6.49. The lowest BCUT2D eigenvalue weighted by atomic mass is 9.96. The first-order chi connectivity index (χ1) is 39.3. The summed E-state index contributed by atoms with van der Waals surface area (Å²) in [6, 6.07) is -0.993. The molecule has 3 aliphatic rings. The minimum absolute atomic E-state index is 0.225. The number of carbonyl (C=O) groups excluding carboxylic acids is 1. The van der Waals surface area contributed by atoms with Crippen LogP contribution >= 0.6 is 0 Å². The summed E-state index contributed by atoms with van der Waals surface area (Å²) < 4.78 is 34.2. The van der Waals surface area contributed by atoms with E-state index in [2.05, 4.69) is 43.5 Å². The Morgan fingerprint density at radius 1 is 0.432 bits per heavy atom. The van der Waals surface area contributed by atoms with Crippen LogP contribution in [0.2, 0.25) is 0 Å². The molecule has 0 spiro atoms. The fourth-order valence-corrected chi connectivity index (χ4v) is 10.7. The molecule has 3 aliphatic heterocycles. The van der Waals surface area contributed by atoms with Gasteiger partial charge in [0.25, 0.3) is 0 Å². The molecule has 474 valence electrons. The zero-order valence-electron chi connectivity index (χ0n) is 49.5. The van der Waals surface area contributed by atoms with Crippen LogP contribution in [0.3, 0.4) is 0 Å². The van der Waals surface area contributed by atoms with Crippen molar-refractivity contribution in [2.24, 2.45) is 0 Å². The Morgan fingerprint density at radius 3 is 1.25 bits per heavy atom. The third kappa shape index (κ3) is 28.8. The number of aliphatic hydroxyl groups excluding tert-OH is 11. The van der Waals surface area contributed by atoms with E-state index in [1.165, 1.54) is 128 Å². The highest BCUT2D eigenvalue weighted by molar-refractivity contribution is 5.76. The maximum Gasteiger partial charge on any atom is 0.220 e. The zero-order chi connectivity index (χ0) is 59.0. The van der Waals surface area contributed by atoms with E-state index < -0.39 is 124 Å². The lowest BCUT2D eigenvalue weighted by Crippen LogP contribution is -2.66. The van der Waals surface area contributed by atoms with E-state index in [-0.39, 0.29) is 18.9 Å². The van der Waals surface area contributed by atoms with Crippen LogP contribution < -0.4 is 5.32 Å². The first kappa shape index (κ1) is 73.3. The van der Waals surface area contributed by atoms with Gasteiger partial charge in [0, 0.05) is 6.42 Å². The summed E-state index contributed by atoms with van der Waals surface area (Å²) in [6.07, 6.45) is 22.8. The first-order valence-corrected chi connectivity index (χ1v) is 31.7. The van der Waals surface area contributed by atoms with Crippen LogP contribution in [-0.4, -0.2) is 193 Å². The minimum atomic E-state index is -1.98. The van der Waals surface area contributed by atoms with Gasteiger partial charge < -0.3 is 89.9 Å². The number of nitrogens with one attached hydrogen (secondary N) is 1. The van der Waals surface area contributed by atoms with E-state index in [4.69, 9.17) is 28.4 Å². The van der Waals surface area contributed by atoms with Gasteiger partial charge in [-0.1, -0.05) is 192 Å². The van der Waals surface area contributed by atoms with Crippen molar-refractivity contribution in [2.75, 3.05) is 26.4 Å². The van der Waals surface area contributed by atoms with Crippen LogP contribution in [0.5, 0.6) is 0 Å². The molecule has 17 unspecified atom stereocenters. The van der Waals surface area contributed by atoms with Gasteiger partial charge in [-0.15, -0.1) is 0 Å². The smallest absolute Gasteiger partial charge is 0.220 e. The Bertz CT molecular complexity index is 1620. The summed E-state index contributed by atoms with van der Waals surface area (Å²) in [7, 11) is 0. The minimum Gasteiger partial charge on any atom is -0.394 e. The Kier molecular flexibility index (Phi) is 41.0. The van der Waals surface area contributed by atoms with Crippen molar-refractivity contribution in [3.63, 3.8) is 0 Å². The number of ether oxygens (including phenoxy) is 6. The molecule has 19 nitrogen and oxygen atoms in total. The SMILES string of the molecule is CCCCCC/C=C\CCCCCCCC(=O)NC(COC1OC(CO)C(OC2OC(CO)C(OC3OC(CO)C(O)C(O)C3O)C(O)C2O)C(O)C1O)C(O)/C=C/CC/C=C/CCCCCCCCCCCCCCCCCCC. The summed E-state index contributed by atoms with van der Waals surface area (Å²) in [4.78, 5) is 13.3. The van der Waals surface area contributed by atoms with Gasteiger partial charge in [0.15, 0.2) is 18.9 Å². The molecule has 3 saturated heterocycles. The zero-order valence-corrected chi connectivity index (χ0v) is 49.5. The van der Waals surface area contributed by atoms with Crippen molar-refractivity contribution in [1.29, 1.82) is 0 Å². The Morgan fingerprint density at radius 2 is 0.790 bits per heavy atom. The number of amides is 1. The number of carbonyl (C=O) groups is 1. The van der Waals surface area contributed by atoms with Crippen LogP contribution in [0.25, 0.3) is 0 Å². The molecule has 0 aromatic carbocycles. The molecule has 1 amide bonds. The van der Waals surface area contributed by atoms with E-state index in [0.717, 1.165) is 57.8 Å². The van der Waals surface area contributed by atoms with Crippen molar-refractivity contribution in [3.05, 3.63) is 36.5 Å². The second-order valence-electron chi connectivity index (χ2n) is 22.9. The number of aliphatic hydroxyl groups is 11. The second-order valence-corrected chi connectivity index (χ2v) is 22.9. The normalized spacial score (nSPS) is 30.0. The van der Waals surface area contributed by atoms with Gasteiger partial charge in [-0.25, -0.2) is 0 Å². The van der Waals surface area contributed by atoms with Gasteiger partial charge in [0.1, 0.15) is 73.2 Å². The second kappa shape index (κ2) is 45.3. The Balaban J connectivity index is 1.48. The van der Waals surface area contributed by atoms with Gasteiger partial charge in [0.2, 0.25) is 5.91 Å². The maximum atomic E-state index is 13.3. The molecule has 19 heteroatoms. The quantitative estimate of drug-likeness (QED) is 0.0229. The fraction of sp³-hybridized carbons (Fsp3) is 0.887. The highest BCUT2D eigenvalue weighted by atomic mass is 16.8. The van der Waals surface area contributed by atoms with Crippen molar-refractivity contribution in [3.8, 4) is 0 Å². The summed E-state index contributed by atoms with van der Waals surface area (Å²) in [5.41, 5.74) is 0. The van der Waals surface area contributed by atoms with Gasteiger partial charge in [-0.2, -0.15) is 0 Å². The van der Waals surface area contributed by atoms with E-state index in [1.54, 1.807) is 6.08 Å². The largest absolute Gasteiger partial charge is 0.394 e. The van der Waals surface area contributed by atoms with Crippen molar-refractivity contribution in [2.45, 2.75) is 324 Å². The van der Waals surface area contributed by atoms with Crippen LogP contribution in [0.1, 0.15) is 219 Å². The third-order valence-electron chi connectivity index (χ3n) is 15.9. The first-order valence-electron chi connectivity index (χ1n) is 31.7. The lowest BCUT2D eigenvalue weighted by Gasteiger charge is -2.48. The number of unbranched alkanes of at least 4 members (excludes halogenated alkanes) is 27. The van der Waals surface area contributed by atoms with Gasteiger partial charge in [-0.3, -0.25) is 4.79 Å². The average Bonchev–Trinajstić information content (AvgIpc) is 3.51. The molecular weight excluding hydrogens is 1050 g/mol. The highest BCUT2D eigenvalue weighted by Crippen LogP contribution is 2.33. The summed E-state index contributed by atoms with van der Waals surface area (Å²) in [5, 5.41) is 120. The molecule has 3 rings (SSSR count). The molecular formula is C62H113NO18. The maximum absolute atomic E-state index is 13.3. The number of hydrogen-bond acceptors (Lipinski definition) is 18. The number of hydrogen-bond donors (Lipinski definition) is 12. The summed E-state index contributed by atoms with van der Waals surface area (Å²) in [6.45, 7) is 1.68. The van der Waals surface area contributed by atoms with Gasteiger partial charge in [-0.05, 0) is 57.8 Å². The standard InChI is InChI=1S/C62H113NO18/c1-3-5-7-9-11-13-15-17-18-19-20-21-22-23-24-25-26-28-29-31-33-35-37-39-46(67)45(63-50(68)40-38-36-34-32-30-27-16-14-12-10-8-6-4-2)44-76-60-56(74)53(71)58(48(42-65)78-60)81-62-57(75)54(72)59(49(43-66)79-62)80-61-55(73)52(70)51(69)47(41-64)77-61/h14,16,29,31,37,39,45-49,51-62,64-67,69-75H,3-13,15,17-28,30,32-36,38,40-44H2,1-2H3,(H,63,68)/b16-14-,31-29+,39-37+. The topological polar surface area (TPSA) is 307 Å². The fourth-order valence-electron chi connectivity index (χ4n) is 10.7. The van der Waals surface area contributed by atoms with Crippen molar-refractivity contribution >= 4 is 5.91 Å². The molecule has 0 aromatic heterocycles. The molecule has 0 radical (unpaired) electrons. The van der Waals surface area contributed by atoms with E-state index in [1.807, 2.05) is 6.08 Å². The third-order valence-corrected chi connectivity index (χ3v) is 15.9. The van der Waals surface area contributed by atoms with Gasteiger partial charge >= 0.3 is 0 Å². The van der Waals surface area contributed by atoms with E-state index in [0.29, 0.717) is 12.8 Å². The molecule has 0 aromatic rings. The molecule has 12 N–H and O–H groups in total. The van der Waals surface area contributed by atoms with Gasteiger partial charge in [0.05, 0.1) is 38.6 Å². The molecule has 17 atom stereocenters. The Hall–Kier alpha value is -1.99. The average molecular weight is 1160 g/mol. The number of allylic oxidation sites excluding steroid dienone is 5. The monoisotopic (exact) mass is 1160 g/mol. The van der Waals surface area contributed by atoms with Crippen molar-refractivity contribution in [1.82, 2.24) is 5.32 Å². The van der Waals surface area contributed by atoms with E-state index >= 15 is 0 Å². The van der Waals surface area contributed by atoms with Crippen LogP contribution in [0.4, 0.5) is 0 Å². The molecule has 3 heterocycles. The molecule has 0 aliphatic carbocycles. The van der Waals surface area contributed by atoms with E-state index in [9.17, 15) is 61.0 Å². The van der Waals surface area contributed by atoms with Crippen LogP contribution in [0, 0.1) is 0 Å². The van der Waals surface area contributed by atoms with Crippen molar-refractivity contribution < 1.29 is 89.4 Å². The highest BCUT2D eigenvalue weighted by Gasteiger charge is 2.53. The predicted molar refractivity (Wildman–Crippen MR) is 309 cm³/mol. The van der Waals surface area contributed by atoms with Crippen LogP contribution in [0.15, 0.2) is 36.5 Å². The van der Waals surface area contributed by atoms with Crippen LogP contribution in [-0.2, 0) is 33.2 Å². The summed E-state index contributed by atoms with van der Waals surface area (Å²) >= 11 is 0. The lowest BCUT2D eigenvalue weighted by molar-refractivity contribution is -0.379. The molecule has 3 fully saturated rings. The Labute approximate surface area is 485 Å². The molecule has 0 saturated carbocycles.